The van der Waals surface area contributed by atoms with Crippen LogP contribution in [0.4, 0.5) is 5.82 Å². The minimum atomic E-state index is -0.300. The first-order valence-electron chi connectivity index (χ1n) is 11.0. The van der Waals surface area contributed by atoms with Gasteiger partial charge in [0.05, 0.1) is 16.8 Å². The molecular formula is C25H28N6O2. The lowest BCUT2D eigenvalue weighted by molar-refractivity contribution is 0.0950. The summed E-state index contributed by atoms with van der Waals surface area (Å²) < 4.78 is 1.67. The molecule has 2 aromatic heterocycles. The Labute approximate surface area is 191 Å². The van der Waals surface area contributed by atoms with E-state index in [0.717, 1.165) is 28.8 Å². The molecule has 33 heavy (non-hydrogen) atoms. The summed E-state index contributed by atoms with van der Waals surface area (Å²) in [5.74, 6) is 0.211. The van der Waals surface area contributed by atoms with Gasteiger partial charge in [-0.05, 0) is 49.6 Å². The van der Waals surface area contributed by atoms with Gasteiger partial charge in [-0.25, -0.2) is 9.78 Å². The summed E-state index contributed by atoms with van der Waals surface area (Å²) in [6.07, 6.45) is 0.840. The molecule has 4 N–H and O–H groups in total. The van der Waals surface area contributed by atoms with Gasteiger partial charge in [-0.15, -0.1) is 0 Å². The third-order valence-electron chi connectivity index (χ3n) is 6.01. The zero-order valence-electron chi connectivity index (χ0n) is 19.3. The zero-order chi connectivity index (χ0) is 23.7. The minimum Gasteiger partial charge on any atom is -0.380 e. The molecule has 0 aliphatic heterocycles. The summed E-state index contributed by atoms with van der Waals surface area (Å²) >= 11 is 0. The molecule has 8 heteroatoms. The summed E-state index contributed by atoms with van der Waals surface area (Å²) in [7, 11) is 0. The summed E-state index contributed by atoms with van der Waals surface area (Å²) in [5.41, 5.74) is 11.4. The lowest BCUT2D eigenvalue weighted by Crippen LogP contribution is -2.23. The van der Waals surface area contributed by atoms with Crippen molar-refractivity contribution in [3.63, 3.8) is 0 Å². The second-order valence-corrected chi connectivity index (χ2v) is 8.44. The van der Waals surface area contributed by atoms with E-state index in [1.807, 2.05) is 63.2 Å². The van der Waals surface area contributed by atoms with Crippen LogP contribution in [0.5, 0.6) is 0 Å². The van der Waals surface area contributed by atoms with Crippen molar-refractivity contribution < 1.29 is 4.79 Å². The smallest absolute Gasteiger partial charge is 0.275 e. The van der Waals surface area contributed by atoms with Crippen LogP contribution in [0.3, 0.4) is 0 Å². The standard InChI is InChI=1S/C25H28N6O2/c1-5-15(3)21-20-22(23(26)28-29-25(20)33)31(30-21)18-10-8-17(9-11-18)13-27-24(32)19-12-14(2)6-7-16(19)4/h6-12,15H,5,13H2,1-4H3,(H2,26,28)(H,27,32)(H,29,33). The highest BCUT2D eigenvalue weighted by Crippen LogP contribution is 2.28. The monoisotopic (exact) mass is 444 g/mol. The van der Waals surface area contributed by atoms with Crippen LogP contribution >= 0.6 is 0 Å². The fourth-order valence-electron chi connectivity index (χ4n) is 3.85. The molecule has 0 bridgehead atoms. The van der Waals surface area contributed by atoms with Crippen LogP contribution in [-0.4, -0.2) is 25.9 Å². The molecule has 4 aromatic rings. The molecule has 0 aliphatic rings. The molecule has 2 aromatic carbocycles. The summed E-state index contributed by atoms with van der Waals surface area (Å²) in [5, 5.41) is 14.6. The van der Waals surface area contributed by atoms with E-state index >= 15 is 0 Å². The highest BCUT2D eigenvalue weighted by atomic mass is 16.1. The third kappa shape index (κ3) is 4.24. The first kappa shape index (κ1) is 22.3. The molecule has 8 nitrogen and oxygen atoms in total. The van der Waals surface area contributed by atoms with Crippen molar-refractivity contribution in [2.75, 3.05) is 5.73 Å². The Morgan fingerprint density at radius 3 is 2.61 bits per heavy atom. The van der Waals surface area contributed by atoms with Crippen LogP contribution in [0.1, 0.15) is 58.9 Å². The van der Waals surface area contributed by atoms with E-state index in [1.165, 1.54) is 0 Å². The van der Waals surface area contributed by atoms with E-state index in [9.17, 15) is 9.59 Å². The average Bonchev–Trinajstić information content (AvgIpc) is 3.23. The number of carbonyl (C=O) groups excluding carboxylic acids is 1. The van der Waals surface area contributed by atoms with Crippen LogP contribution in [0.15, 0.2) is 47.3 Å². The van der Waals surface area contributed by atoms with Gasteiger partial charge in [0.2, 0.25) is 0 Å². The van der Waals surface area contributed by atoms with Gasteiger partial charge in [-0.2, -0.15) is 10.2 Å². The quantitative estimate of drug-likeness (QED) is 0.418. The highest BCUT2D eigenvalue weighted by Gasteiger charge is 2.21. The number of aromatic nitrogens is 4. The molecule has 170 valence electrons. The maximum Gasteiger partial charge on any atom is 0.275 e. The average molecular weight is 445 g/mol. The maximum absolute atomic E-state index is 12.6. The van der Waals surface area contributed by atoms with Crippen molar-refractivity contribution in [1.29, 1.82) is 0 Å². The number of carbonyl (C=O) groups is 1. The number of rotatable bonds is 6. The Morgan fingerprint density at radius 2 is 1.91 bits per heavy atom. The van der Waals surface area contributed by atoms with Crippen LogP contribution in [0.2, 0.25) is 0 Å². The molecule has 0 radical (unpaired) electrons. The highest BCUT2D eigenvalue weighted by molar-refractivity contribution is 5.95. The second kappa shape index (κ2) is 8.90. The van der Waals surface area contributed by atoms with Crippen LogP contribution in [-0.2, 0) is 6.54 Å². The molecule has 2 heterocycles. The number of anilines is 1. The number of nitrogens with zero attached hydrogens (tertiary/aromatic N) is 3. The lowest BCUT2D eigenvalue weighted by Gasteiger charge is -2.10. The van der Waals surface area contributed by atoms with E-state index in [-0.39, 0.29) is 23.2 Å². The van der Waals surface area contributed by atoms with Crippen molar-refractivity contribution in [2.24, 2.45) is 0 Å². The van der Waals surface area contributed by atoms with Gasteiger partial charge in [0.1, 0.15) is 5.52 Å². The Morgan fingerprint density at radius 1 is 1.18 bits per heavy atom. The molecule has 0 saturated carbocycles. The SMILES string of the molecule is CCC(C)c1nn(-c2ccc(CNC(=O)c3cc(C)ccc3C)cc2)c2c(N)n[nH]c(=O)c12. The fraction of sp³-hybridized carbons (Fsp3) is 0.280. The topological polar surface area (TPSA) is 119 Å². The molecule has 1 atom stereocenters. The van der Waals surface area contributed by atoms with Crippen LogP contribution < -0.4 is 16.6 Å². The maximum atomic E-state index is 12.6. The van der Waals surface area contributed by atoms with E-state index in [0.29, 0.717) is 28.7 Å². The van der Waals surface area contributed by atoms with E-state index in [2.05, 4.69) is 22.4 Å². The van der Waals surface area contributed by atoms with Crippen molar-refractivity contribution in [3.05, 3.63) is 80.8 Å². The number of aryl methyl sites for hydroxylation is 2. The molecule has 0 fully saturated rings. The van der Waals surface area contributed by atoms with Gasteiger partial charge in [-0.1, -0.05) is 43.7 Å². The van der Waals surface area contributed by atoms with Crippen molar-refractivity contribution >= 4 is 22.6 Å². The Bertz CT molecular complexity index is 1380. The number of benzene rings is 2. The molecule has 1 amide bonds. The number of nitrogens with two attached hydrogens (primary N) is 1. The third-order valence-corrected chi connectivity index (χ3v) is 6.01. The van der Waals surface area contributed by atoms with Gasteiger partial charge in [0, 0.05) is 18.0 Å². The Balaban J connectivity index is 1.61. The number of amides is 1. The normalized spacial score (nSPS) is 12.1. The lowest BCUT2D eigenvalue weighted by atomic mass is 10.0. The molecule has 0 spiro atoms. The van der Waals surface area contributed by atoms with E-state index in [1.54, 1.807) is 4.68 Å². The molecule has 0 saturated heterocycles. The predicted octanol–water partition coefficient (Wildman–Crippen LogP) is 3.75. The Kier molecular flexibility index (Phi) is 6.00. The first-order valence-corrected chi connectivity index (χ1v) is 11.0. The molecular weight excluding hydrogens is 416 g/mol. The Hall–Kier alpha value is -3.94. The van der Waals surface area contributed by atoms with Crippen LogP contribution in [0.25, 0.3) is 16.6 Å². The second-order valence-electron chi connectivity index (χ2n) is 8.44. The fourth-order valence-corrected chi connectivity index (χ4v) is 3.85. The summed E-state index contributed by atoms with van der Waals surface area (Å²) in [6, 6.07) is 13.5. The number of nitrogen functional groups attached to an aromatic ring is 1. The van der Waals surface area contributed by atoms with Gasteiger partial charge in [0.15, 0.2) is 5.82 Å². The molecule has 0 aliphatic carbocycles. The number of nitrogens with one attached hydrogen (secondary N) is 2. The first-order chi connectivity index (χ1) is 15.8. The summed E-state index contributed by atoms with van der Waals surface area (Å²) in [4.78, 5) is 25.1. The van der Waals surface area contributed by atoms with Crippen molar-refractivity contribution in [1.82, 2.24) is 25.3 Å². The van der Waals surface area contributed by atoms with Gasteiger partial charge in [0.25, 0.3) is 11.5 Å². The largest absolute Gasteiger partial charge is 0.380 e. The minimum absolute atomic E-state index is 0.0937. The number of fused-ring (bicyclic) bond motifs is 1. The molecule has 4 rings (SSSR count). The number of hydrogen-bond donors (Lipinski definition) is 3. The number of aromatic amines is 1. The van der Waals surface area contributed by atoms with E-state index in [4.69, 9.17) is 10.8 Å². The van der Waals surface area contributed by atoms with Crippen molar-refractivity contribution in [3.8, 4) is 5.69 Å². The van der Waals surface area contributed by atoms with Gasteiger partial charge < -0.3 is 11.1 Å². The molecule has 1 unspecified atom stereocenters. The van der Waals surface area contributed by atoms with Crippen molar-refractivity contribution in [2.45, 2.75) is 46.6 Å². The summed E-state index contributed by atoms with van der Waals surface area (Å²) in [6.45, 7) is 8.38. The number of H-pyrrole nitrogens is 1. The van der Waals surface area contributed by atoms with Crippen LogP contribution in [0, 0.1) is 13.8 Å². The number of hydrogen-bond acceptors (Lipinski definition) is 5. The van der Waals surface area contributed by atoms with Gasteiger partial charge >= 0.3 is 0 Å². The zero-order valence-corrected chi connectivity index (χ0v) is 19.3. The van der Waals surface area contributed by atoms with E-state index < -0.39 is 0 Å². The predicted molar refractivity (Wildman–Crippen MR) is 130 cm³/mol. The van der Waals surface area contributed by atoms with Gasteiger partial charge in [-0.3, -0.25) is 9.59 Å².